The van der Waals surface area contributed by atoms with E-state index >= 15 is 0 Å². The standard InChI is InChI=1S/C22H22N2O3/c1-23-19-7-3-2-5-17(19)13-20(23)21(25)24-12-4-6-18(14-24)15-8-10-16(11-9-15)22(26)27/h2-3,5,7-11,13,18H,4,6,12,14H2,1H3,(H,26,27). The molecular formula is C22H22N2O3. The van der Waals surface area contributed by atoms with Gasteiger partial charge in [0.05, 0.1) is 5.56 Å². The maximum Gasteiger partial charge on any atom is 0.335 e. The average molecular weight is 362 g/mol. The number of benzene rings is 2. The summed E-state index contributed by atoms with van der Waals surface area (Å²) in [7, 11) is 1.93. The van der Waals surface area contributed by atoms with Crippen LogP contribution in [0, 0.1) is 0 Å². The van der Waals surface area contributed by atoms with Crippen LogP contribution in [-0.4, -0.2) is 39.5 Å². The van der Waals surface area contributed by atoms with Crippen molar-refractivity contribution >= 4 is 22.8 Å². The summed E-state index contributed by atoms with van der Waals surface area (Å²) in [5.41, 5.74) is 3.14. The highest BCUT2D eigenvalue weighted by Gasteiger charge is 2.27. The van der Waals surface area contributed by atoms with E-state index in [0.29, 0.717) is 12.2 Å². The van der Waals surface area contributed by atoms with Crippen LogP contribution in [0.1, 0.15) is 45.2 Å². The first-order valence-corrected chi connectivity index (χ1v) is 9.21. The van der Waals surface area contributed by atoms with Gasteiger partial charge in [0.25, 0.3) is 5.91 Å². The maximum absolute atomic E-state index is 13.1. The molecule has 1 saturated heterocycles. The van der Waals surface area contributed by atoms with Gasteiger partial charge in [-0.15, -0.1) is 0 Å². The lowest BCUT2D eigenvalue weighted by Gasteiger charge is -2.33. The Kier molecular flexibility index (Phi) is 4.44. The van der Waals surface area contributed by atoms with E-state index in [1.54, 1.807) is 12.1 Å². The number of carboxylic acids is 1. The number of amides is 1. The number of hydrogen-bond donors (Lipinski definition) is 1. The number of aryl methyl sites for hydroxylation is 1. The molecule has 1 unspecified atom stereocenters. The third-order valence-corrected chi connectivity index (χ3v) is 5.51. The van der Waals surface area contributed by atoms with Crippen molar-refractivity contribution in [3.63, 3.8) is 0 Å². The molecule has 27 heavy (non-hydrogen) atoms. The van der Waals surface area contributed by atoms with Crippen LogP contribution in [0.15, 0.2) is 54.6 Å². The van der Waals surface area contributed by atoms with Crippen molar-refractivity contribution in [1.82, 2.24) is 9.47 Å². The van der Waals surface area contributed by atoms with Gasteiger partial charge in [-0.1, -0.05) is 30.3 Å². The molecule has 0 saturated carbocycles. The molecule has 1 aliphatic rings. The Morgan fingerprint density at radius 3 is 2.52 bits per heavy atom. The van der Waals surface area contributed by atoms with Gasteiger partial charge in [-0.2, -0.15) is 0 Å². The van der Waals surface area contributed by atoms with Gasteiger partial charge in [0.1, 0.15) is 5.69 Å². The summed E-state index contributed by atoms with van der Waals surface area (Å²) in [6, 6.07) is 17.0. The minimum Gasteiger partial charge on any atom is -0.478 e. The molecule has 0 aliphatic carbocycles. The number of carbonyl (C=O) groups is 2. The number of likely N-dealkylation sites (tertiary alicyclic amines) is 1. The third kappa shape index (κ3) is 3.21. The van der Waals surface area contributed by atoms with Gasteiger partial charge in [-0.05, 0) is 42.7 Å². The molecular weight excluding hydrogens is 340 g/mol. The number of para-hydroxylation sites is 1. The zero-order valence-corrected chi connectivity index (χ0v) is 15.3. The zero-order valence-electron chi connectivity index (χ0n) is 15.3. The van der Waals surface area contributed by atoms with Crippen LogP contribution in [0.2, 0.25) is 0 Å². The summed E-state index contributed by atoms with van der Waals surface area (Å²) < 4.78 is 1.96. The number of piperidine rings is 1. The molecule has 138 valence electrons. The molecule has 0 bridgehead atoms. The molecule has 2 heterocycles. The van der Waals surface area contributed by atoms with Gasteiger partial charge in [0, 0.05) is 37.0 Å². The number of aromatic nitrogens is 1. The molecule has 5 heteroatoms. The minimum atomic E-state index is -0.919. The zero-order chi connectivity index (χ0) is 19.0. The molecule has 4 rings (SSSR count). The topological polar surface area (TPSA) is 62.5 Å². The van der Waals surface area contributed by atoms with Crippen molar-refractivity contribution in [2.45, 2.75) is 18.8 Å². The number of carboxylic acid groups (broad SMARTS) is 1. The van der Waals surface area contributed by atoms with Gasteiger partial charge in [0.15, 0.2) is 0 Å². The van der Waals surface area contributed by atoms with Gasteiger partial charge in [0.2, 0.25) is 0 Å². The highest BCUT2D eigenvalue weighted by Crippen LogP contribution is 2.29. The number of nitrogens with zero attached hydrogens (tertiary/aromatic N) is 2. The van der Waals surface area contributed by atoms with E-state index in [9.17, 15) is 9.59 Å². The molecule has 1 aromatic heterocycles. The number of aromatic carboxylic acids is 1. The molecule has 2 aromatic carbocycles. The molecule has 5 nitrogen and oxygen atoms in total. The van der Waals surface area contributed by atoms with Crippen LogP contribution in [0.3, 0.4) is 0 Å². The van der Waals surface area contributed by atoms with Crippen LogP contribution in [0.5, 0.6) is 0 Å². The monoisotopic (exact) mass is 362 g/mol. The first kappa shape index (κ1) is 17.3. The number of fused-ring (bicyclic) bond motifs is 1. The smallest absolute Gasteiger partial charge is 0.335 e. The van der Waals surface area contributed by atoms with Crippen LogP contribution in [0.4, 0.5) is 0 Å². The Bertz CT molecular complexity index is 1000. The van der Waals surface area contributed by atoms with E-state index < -0.39 is 5.97 Å². The quantitative estimate of drug-likeness (QED) is 0.769. The first-order valence-electron chi connectivity index (χ1n) is 9.21. The Balaban J connectivity index is 1.56. The molecule has 1 fully saturated rings. The van der Waals surface area contributed by atoms with Gasteiger partial charge in [-0.3, -0.25) is 4.79 Å². The molecule has 1 atom stereocenters. The molecule has 0 spiro atoms. The van der Waals surface area contributed by atoms with Crippen molar-refractivity contribution in [3.8, 4) is 0 Å². The Morgan fingerprint density at radius 2 is 1.81 bits per heavy atom. The van der Waals surface area contributed by atoms with Gasteiger partial charge < -0.3 is 14.6 Å². The van der Waals surface area contributed by atoms with Crippen molar-refractivity contribution in [3.05, 3.63) is 71.4 Å². The molecule has 1 N–H and O–H groups in total. The van der Waals surface area contributed by atoms with Crippen molar-refractivity contribution in [2.75, 3.05) is 13.1 Å². The highest BCUT2D eigenvalue weighted by atomic mass is 16.4. The highest BCUT2D eigenvalue weighted by molar-refractivity contribution is 5.98. The normalized spacial score (nSPS) is 17.2. The minimum absolute atomic E-state index is 0.0561. The van der Waals surface area contributed by atoms with E-state index in [2.05, 4.69) is 0 Å². The number of carbonyl (C=O) groups excluding carboxylic acids is 1. The van der Waals surface area contributed by atoms with Gasteiger partial charge >= 0.3 is 5.97 Å². The van der Waals surface area contributed by atoms with E-state index in [0.717, 1.165) is 35.9 Å². The molecule has 0 radical (unpaired) electrons. The Morgan fingerprint density at radius 1 is 1.07 bits per heavy atom. The van der Waals surface area contributed by atoms with Gasteiger partial charge in [-0.25, -0.2) is 4.79 Å². The maximum atomic E-state index is 13.1. The van der Waals surface area contributed by atoms with Crippen molar-refractivity contribution < 1.29 is 14.7 Å². The molecule has 1 aliphatic heterocycles. The molecule has 3 aromatic rings. The summed E-state index contributed by atoms with van der Waals surface area (Å²) in [6.07, 6.45) is 1.95. The van der Waals surface area contributed by atoms with E-state index in [1.807, 2.05) is 59.0 Å². The SMILES string of the molecule is Cn1c(C(=O)N2CCCC(c3ccc(C(=O)O)cc3)C2)cc2ccccc21. The van der Waals surface area contributed by atoms with E-state index in [-0.39, 0.29) is 17.4 Å². The average Bonchev–Trinajstić information content (AvgIpc) is 3.04. The van der Waals surface area contributed by atoms with Crippen molar-refractivity contribution in [2.24, 2.45) is 7.05 Å². The summed E-state index contributed by atoms with van der Waals surface area (Å²) in [6.45, 7) is 1.41. The largest absolute Gasteiger partial charge is 0.478 e. The second kappa shape index (κ2) is 6.91. The second-order valence-electron chi connectivity index (χ2n) is 7.16. The lowest BCUT2D eigenvalue weighted by atomic mass is 9.90. The fraction of sp³-hybridized carbons (Fsp3) is 0.273. The summed E-state index contributed by atoms with van der Waals surface area (Å²) in [5.74, 6) is -0.626. The summed E-state index contributed by atoms with van der Waals surface area (Å²) >= 11 is 0. The third-order valence-electron chi connectivity index (χ3n) is 5.51. The lowest BCUT2D eigenvalue weighted by molar-refractivity contribution is 0.0691. The predicted molar refractivity (Wildman–Crippen MR) is 104 cm³/mol. The summed E-state index contributed by atoms with van der Waals surface area (Å²) in [5, 5.41) is 10.1. The second-order valence-corrected chi connectivity index (χ2v) is 7.16. The Hall–Kier alpha value is -3.08. The van der Waals surface area contributed by atoms with Crippen LogP contribution in [-0.2, 0) is 7.05 Å². The van der Waals surface area contributed by atoms with Crippen LogP contribution < -0.4 is 0 Å². The number of rotatable bonds is 3. The fourth-order valence-electron chi connectivity index (χ4n) is 3.99. The van der Waals surface area contributed by atoms with E-state index in [1.165, 1.54) is 0 Å². The number of hydrogen-bond acceptors (Lipinski definition) is 2. The predicted octanol–water partition coefficient (Wildman–Crippen LogP) is 3.90. The van der Waals surface area contributed by atoms with Crippen LogP contribution >= 0.6 is 0 Å². The lowest BCUT2D eigenvalue weighted by Crippen LogP contribution is -2.39. The first-order chi connectivity index (χ1) is 13.0. The fourth-order valence-corrected chi connectivity index (χ4v) is 3.99. The molecule has 1 amide bonds. The Labute approximate surface area is 157 Å². The van der Waals surface area contributed by atoms with E-state index in [4.69, 9.17) is 5.11 Å². The summed E-state index contributed by atoms with van der Waals surface area (Å²) in [4.78, 5) is 26.1. The van der Waals surface area contributed by atoms with Crippen LogP contribution in [0.25, 0.3) is 10.9 Å². The van der Waals surface area contributed by atoms with Crippen molar-refractivity contribution in [1.29, 1.82) is 0 Å².